The number of allylic oxidation sites excluding steroid dienone is 2. The largest absolute Gasteiger partial charge is 0.500 e. The highest BCUT2D eigenvalue weighted by atomic mass is 16.5. The Morgan fingerprint density at radius 2 is 2.13 bits per heavy atom. The molecule has 0 radical (unpaired) electrons. The fourth-order valence-corrected chi connectivity index (χ4v) is 1.98. The summed E-state index contributed by atoms with van der Waals surface area (Å²) in [6, 6.07) is 0. The first-order valence-electron chi connectivity index (χ1n) is 5.10. The number of hydrogen-bond donors (Lipinski definition) is 0. The van der Waals surface area contributed by atoms with Gasteiger partial charge in [-0.25, -0.2) is 0 Å². The van der Waals surface area contributed by atoms with E-state index >= 15 is 0 Å². The average molecular weight is 210 g/mol. The highest BCUT2D eigenvalue weighted by Crippen LogP contribution is 2.41. The van der Waals surface area contributed by atoms with Crippen LogP contribution in [0, 0.1) is 11.3 Å². The summed E-state index contributed by atoms with van der Waals surface area (Å²) in [7, 11) is 2.99. The van der Waals surface area contributed by atoms with Gasteiger partial charge in [-0.3, -0.25) is 4.79 Å². The second-order valence-corrected chi connectivity index (χ2v) is 3.93. The molecule has 0 aromatic rings. The molecule has 1 aliphatic rings. The van der Waals surface area contributed by atoms with Crippen molar-refractivity contribution in [3.63, 3.8) is 0 Å². The van der Waals surface area contributed by atoms with E-state index < -0.39 is 5.41 Å². The SMILES string of the molecule is COC(=O)C1(C(C)C)C=CCC=C1OC. The molecule has 0 aromatic carbocycles. The van der Waals surface area contributed by atoms with E-state index in [1.165, 1.54) is 7.11 Å². The summed E-state index contributed by atoms with van der Waals surface area (Å²) < 4.78 is 10.2. The van der Waals surface area contributed by atoms with Crippen molar-refractivity contribution in [3.05, 3.63) is 24.0 Å². The van der Waals surface area contributed by atoms with Crippen LogP contribution in [0.3, 0.4) is 0 Å². The molecule has 1 aliphatic carbocycles. The molecule has 0 fully saturated rings. The number of carbonyl (C=O) groups excluding carboxylic acids is 1. The van der Waals surface area contributed by atoms with Crippen molar-refractivity contribution >= 4 is 5.97 Å². The Balaban J connectivity index is 3.19. The Morgan fingerprint density at radius 3 is 2.60 bits per heavy atom. The zero-order valence-corrected chi connectivity index (χ0v) is 9.74. The van der Waals surface area contributed by atoms with Gasteiger partial charge in [0, 0.05) is 0 Å². The molecule has 1 unspecified atom stereocenters. The molecule has 1 rings (SSSR count). The molecule has 84 valence electrons. The van der Waals surface area contributed by atoms with E-state index in [1.807, 2.05) is 32.1 Å². The molecular weight excluding hydrogens is 192 g/mol. The van der Waals surface area contributed by atoms with Crippen LogP contribution in [-0.2, 0) is 14.3 Å². The van der Waals surface area contributed by atoms with Crippen LogP contribution in [0.2, 0.25) is 0 Å². The van der Waals surface area contributed by atoms with Crippen molar-refractivity contribution in [1.82, 2.24) is 0 Å². The van der Waals surface area contributed by atoms with E-state index in [1.54, 1.807) is 7.11 Å². The molecule has 0 amide bonds. The zero-order chi connectivity index (χ0) is 11.5. The van der Waals surface area contributed by atoms with Gasteiger partial charge in [0.25, 0.3) is 0 Å². The van der Waals surface area contributed by atoms with Crippen LogP contribution in [0.25, 0.3) is 0 Å². The second kappa shape index (κ2) is 4.51. The quantitative estimate of drug-likeness (QED) is 0.529. The molecule has 3 nitrogen and oxygen atoms in total. The van der Waals surface area contributed by atoms with Crippen molar-refractivity contribution in [3.8, 4) is 0 Å². The number of esters is 1. The maximum absolute atomic E-state index is 11.9. The summed E-state index contributed by atoms with van der Waals surface area (Å²) in [6.07, 6.45) is 6.59. The summed E-state index contributed by atoms with van der Waals surface area (Å²) in [5.74, 6) is 0.529. The van der Waals surface area contributed by atoms with Crippen LogP contribution in [-0.4, -0.2) is 20.2 Å². The first-order chi connectivity index (χ1) is 7.09. The minimum absolute atomic E-state index is 0.104. The lowest BCUT2D eigenvalue weighted by atomic mass is 9.73. The third-order valence-corrected chi connectivity index (χ3v) is 2.88. The maximum Gasteiger partial charge on any atom is 0.323 e. The molecule has 0 N–H and O–H groups in total. The molecule has 0 heterocycles. The number of rotatable bonds is 3. The van der Waals surface area contributed by atoms with Gasteiger partial charge in [0.2, 0.25) is 0 Å². The number of methoxy groups -OCH3 is 2. The summed E-state index contributed by atoms with van der Waals surface area (Å²) in [6.45, 7) is 3.97. The van der Waals surface area contributed by atoms with Crippen LogP contribution >= 0.6 is 0 Å². The van der Waals surface area contributed by atoms with Crippen molar-refractivity contribution in [1.29, 1.82) is 0 Å². The standard InChI is InChI=1S/C12H18O3/c1-9(2)12(11(13)15-4)8-6-5-7-10(12)14-3/h6-9H,5H2,1-4H3. The van der Waals surface area contributed by atoms with Crippen molar-refractivity contribution in [2.45, 2.75) is 20.3 Å². The minimum atomic E-state index is -0.748. The third-order valence-electron chi connectivity index (χ3n) is 2.88. The van der Waals surface area contributed by atoms with Crippen molar-refractivity contribution in [2.75, 3.05) is 14.2 Å². The van der Waals surface area contributed by atoms with Gasteiger partial charge in [-0.1, -0.05) is 26.0 Å². The average Bonchev–Trinajstić information content (AvgIpc) is 2.27. The van der Waals surface area contributed by atoms with Crippen LogP contribution in [0.4, 0.5) is 0 Å². The smallest absolute Gasteiger partial charge is 0.323 e. The van der Waals surface area contributed by atoms with Gasteiger partial charge in [-0.05, 0) is 18.4 Å². The third kappa shape index (κ3) is 1.78. The predicted octanol–water partition coefficient (Wildman–Crippen LogP) is 2.29. The van der Waals surface area contributed by atoms with E-state index in [0.717, 1.165) is 6.42 Å². The number of carbonyl (C=O) groups is 1. The van der Waals surface area contributed by atoms with E-state index in [0.29, 0.717) is 5.76 Å². The Hall–Kier alpha value is -1.25. The fraction of sp³-hybridized carbons (Fsp3) is 0.583. The minimum Gasteiger partial charge on any atom is -0.500 e. The first-order valence-corrected chi connectivity index (χ1v) is 5.10. The topological polar surface area (TPSA) is 35.5 Å². The molecule has 0 saturated heterocycles. The van der Waals surface area contributed by atoms with Gasteiger partial charge < -0.3 is 9.47 Å². The molecule has 0 aromatic heterocycles. The van der Waals surface area contributed by atoms with Gasteiger partial charge in [-0.2, -0.15) is 0 Å². The van der Waals surface area contributed by atoms with E-state index in [2.05, 4.69) is 0 Å². The van der Waals surface area contributed by atoms with Crippen LogP contribution in [0.15, 0.2) is 24.0 Å². The Bertz CT molecular complexity index is 302. The van der Waals surface area contributed by atoms with Crippen molar-refractivity contribution < 1.29 is 14.3 Å². The molecular formula is C12H18O3. The van der Waals surface area contributed by atoms with Gasteiger partial charge in [0.05, 0.1) is 14.2 Å². The van der Waals surface area contributed by atoms with Crippen LogP contribution in [0.5, 0.6) is 0 Å². The summed E-state index contributed by atoms with van der Waals surface area (Å²) in [4.78, 5) is 11.9. The lowest BCUT2D eigenvalue weighted by Gasteiger charge is -2.34. The highest BCUT2D eigenvalue weighted by molar-refractivity contribution is 5.83. The molecule has 1 atom stereocenters. The van der Waals surface area contributed by atoms with Gasteiger partial charge in [0.1, 0.15) is 11.2 Å². The zero-order valence-electron chi connectivity index (χ0n) is 9.74. The predicted molar refractivity (Wildman–Crippen MR) is 58.1 cm³/mol. The summed E-state index contributed by atoms with van der Waals surface area (Å²) in [5.41, 5.74) is -0.748. The first kappa shape index (κ1) is 11.8. The molecule has 0 bridgehead atoms. The van der Waals surface area contributed by atoms with Gasteiger partial charge in [0.15, 0.2) is 0 Å². The lowest BCUT2D eigenvalue weighted by Crippen LogP contribution is -2.39. The molecule has 0 saturated carbocycles. The van der Waals surface area contributed by atoms with E-state index in [4.69, 9.17) is 9.47 Å². The maximum atomic E-state index is 11.9. The normalized spacial score (nSPS) is 25.0. The van der Waals surface area contributed by atoms with Crippen LogP contribution < -0.4 is 0 Å². The van der Waals surface area contributed by atoms with E-state index in [9.17, 15) is 4.79 Å². The molecule has 0 spiro atoms. The Kier molecular flexibility index (Phi) is 3.56. The Labute approximate surface area is 90.8 Å². The summed E-state index contributed by atoms with van der Waals surface area (Å²) >= 11 is 0. The lowest BCUT2D eigenvalue weighted by molar-refractivity contribution is -0.152. The van der Waals surface area contributed by atoms with Crippen LogP contribution in [0.1, 0.15) is 20.3 Å². The monoisotopic (exact) mass is 210 g/mol. The van der Waals surface area contributed by atoms with Crippen molar-refractivity contribution in [2.24, 2.45) is 11.3 Å². The number of hydrogen-bond acceptors (Lipinski definition) is 3. The molecule has 15 heavy (non-hydrogen) atoms. The Morgan fingerprint density at radius 1 is 1.47 bits per heavy atom. The number of ether oxygens (including phenoxy) is 2. The second-order valence-electron chi connectivity index (χ2n) is 3.93. The van der Waals surface area contributed by atoms with Gasteiger partial charge >= 0.3 is 5.97 Å². The molecule has 0 aliphatic heterocycles. The highest BCUT2D eigenvalue weighted by Gasteiger charge is 2.46. The molecule has 3 heteroatoms. The van der Waals surface area contributed by atoms with E-state index in [-0.39, 0.29) is 11.9 Å². The fourth-order valence-electron chi connectivity index (χ4n) is 1.98. The summed E-state index contributed by atoms with van der Waals surface area (Å²) in [5, 5.41) is 0. The van der Waals surface area contributed by atoms with Gasteiger partial charge in [-0.15, -0.1) is 0 Å².